The number of hydrogen-bond acceptors (Lipinski definition) is 5. The van der Waals surface area contributed by atoms with Gasteiger partial charge < -0.3 is 15.0 Å². The number of aryl methyl sites for hydroxylation is 1. The molecule has 0 aliphatic heterocycles. The quantitative estimate of drug-likeness (QED) is 0.673. The van der Waals surface area contributed by atoms with Crippen LogP contribution in [0.5, 0.6) is 5.75 Å². The molecule has 0 aliphatic rings. The fourth-order valence-corrected chi connectivity index (χ4v) is 3.06. The number of nitrogens with two attached hydrogens (primary N) is 1. The molecule has 0 aliphatic carbocycles. The van der Waals surface area contributed by atoms with E-state index in [4.69, 9.17) is 9.88 Å². The molecule has 0 atom stereocenters. The molecule has 0 aromatic heterocycles. The molecule has 0 radical (unpaired) electrons. The zero-order valence-corrected chi connectivity index (χ0v) is 16.5. The number of carbonyl (C=O) groups is 1. The van der Waals surface area contributed by atoms with Crippen molar-refractivity contribution in [3.8, 4) is 5.75 Å². The maximum Gasteiger partial charge on any atom is 0.238 e. The third kappa shape index (κ3) is 6.26. The molecule has 1 amide bonds. The van der Waals surface area contributed by atoms with Crippen molar-refractivity contribution in [3.63, 3.8) is 0 Å². The Labute approximate surface area is 160 Å². The van der Waals surface area contributed by atoms with Gasteiger partial charge in [0.25, 0.3) is 0 Å². The molecule has 146 valence electrons. The average molecular weight is 391 g/mol. The number of sulfonamides is 1. The number of hydrogen-bond donors (Lipinski definition) is 2. The predicted molar refractivity (Wildman–Crippen MR) is 107 cm³/mol. The first-order chi connectivity index (χ1) is 12.7. The number of nitrogens with zero attached hydrogens (tertiary/aromatic N) is 1. The van der Waals surface area contributed by atoms with Crippen LogP contribution in [0.25, 0.3) is 0 Å². The molecule has 0 spiro atoms. The maximum absolute atomic E-state index is 12.2. The van der Waals surface area contributed by atoms with Gasteiger partial charge in [0.1, 0.15) is 5.75 Å². The number of benzene rings is 2. The Morgan fingerprint density at radius 3 is 2.56 bits per heavy atom. The Bertz CT molecular complexity index is 911. The van der Waals surface area contributed by atoms with E-state index in [0.717, 1.165) is 11.3 Å². The molecule has 0 fully saturated rings. The van der Waals surface area contributed by atoms with E-state index in [1.807, 2.05) is 31.2 Å². The van der Waals surface area contributed by atoms with Crippen LogP contribution in [-0.2, 0) is 14.8 Å². The fourth-order valence-electron chi connectivity index (χ4n) is 2.52. The van der Waals surface area contributed by atoms with Crippen molar-refractivity contribution in [1.82, 2.24) is 0 Å². The molecule has 3 N–H and O–H groups in total. The molecular formula is C19H25N3O4S. The average Bonchev–Trinajstić information content (AvgIpc) is 2.58. The highest BCUT2D eigenvalue weighted by molar-refractivity contribution is 7.89. The van der Waals surface area contributed by atoms with E-state index in [-0.39, 0.29) is 17.2 Å². The van der Waals surface area contributed by atoms with Gasteiger partial charge in [-0.15, -0.1) is 0 Å². The summed E-state index contributed by atoms with van der Waals surface area (Å²) in [5, 5.41) is 7.93. The Hall–Kier alpha value is -2.58. The smallest absolute Gasteiger partial charge is 0.238 e. The van der Waals surface area contributed by atoms with E-state index < -0.39 is 10.0 Å². The largest absolute Gasteiger partial charge is 0.494 e. The minimum Gasteiger partial charge on any atom is -0.494 e. The summed E-state index contributed by atoms with van der Waals surface area (Å²) in [6, 6.07) is 12.1. The maximum atomic E-state index is 12.2. The molecule has 0 bridgehead atoms. The van der Waals surface area contributed by atoms with E-state index >= 15 is 0 Å². The fraction of sp³-hybridized carbons (Fsp3) is 0.316. The van der Waals surface area contributed by atoms with E-state index in [2.05, 4.69) is 5.32 Å². The van der Waals surface area contributed by atoms with Crippen LogP contribution in [0.1, 0.15) is 18.4 Å². The third-order valence-electron chi connectivity index (χ3n) is 3.86. The first kappa shape index (κ1) is 20.7. The lowest BCUT2D eigenvalue weighted by Gasteiger charge is -2.18. The number of anilines is 2. The van der Waals surface area contributed by atoms with Crippen LogP contribution in [0.4, 0.5) is 11.4 Å². The Balaban J connectivity index is 1.96. The second-order valence-corrected chi connectivity index (χ2v) is 8.00. The highest BCUT2D eigenvalue weighted by atomic mass is 32.2. The topological polar surface area (TPSA) is 102 Å². The second kappa shape index (κ2) is 8.88. The van der Waals surface area contributed by atoms with Crippen LogP contribution < -0.4 is 20.1 Å². The van der Waals surface area contributed by atoms with Crippen molar-refractivity contribution in [3.05, 3.63) is 48.0 Å². The predicted octanol–water partition coefficient (Wildman–Crippen LogP) is 2.51. The van der Waals surface area contributed by atoms with Gasteiger partial charge in [-0.1, -0.05) is 12.1 Å². The lowest BCUT2D eigenvalue weighted by molar-refractivity contribution is -0.116. The molecule has 0 heterocycles. The Kier molecular flexibility index (Phi) is 6.81. The summed E-state index contributed by atoms with van der Waals surface area (Å²) in [6.45, 7) is 2.40. The van der Waals surface area contributed by atoms with E-state index in [1.165, 1.54) is 12.1 Å². The van der Waals surface area contributed by atoms with Gasteiger partial charge in [0.15, 0.2) is 0 Å². The van der Waals surface area contributed by atoms with Crippen LogP contribution in [-0.4, -0.2) is 35.0 Å². The summed E-state index contributed by atoms with van der Waals surface area (Å²) in [6.07, 6.45) is 0.782. The van der Waals surface area contributed by atoms with Crippen molar-refractivity contribution >= 4 is 27.3 Å². The minimum absolute atomic E-state index is 0.0498. The number of carbonyl (C=O) groups excluding carboxylic acids is 1. The van der Waals surface area contributed by atoms with Crippen molar-refractivity contribution < 1.29 is 17.9 Å². The van der Waals surface area contributed by atoms with E-state index in [1.54, 1.807) is 25.1 Å². The summed E-state index contributed by atoms with van der Waals surface area (Å²) in [5.74, 6) is 0.545. The zero-order chi connectivity index (χ0) is 20.0. The molecule has 27 heavy (non-hydrogen) atoms. The van der Waals surface area contributed by atoms with E-state index in [0.29, 0.717) is 24.4 Å². The molecule has 0 saturated carbocycles. The summed E-state index contributed by atoms with van der Waals surface area (Å²) in [4.78, 5) is 14.0. The summed E-state index contributed by atoms with van der Waals surface area (Å²) in [7, 11) is -0.243. The summed E-state index contributed by atoms with van der Waals surface area (Å²) in [5.41, 5.74) is 2.19. The SMILES string of the molecule is Cc1cccc(OCCCC(=O)Nc2cc(S(N)(=O)=O)ccc2N(C)C)c1. The number of ether oxygens (including phenoxy) is 1. The molecule has 2 aromatic carbocycles. The third-order valence-corrected chi connectivity index (χ3v) is 4.77. The van der Waals surface area contributed by atoms with Crippen LogP contribution >= 0.6 is 0 Å². The second-order valence-electron chi connectivity index (χ2n) is 6.44. The van der Waals surface area contributed by atoms with Gasteiger partial charge in [-0.3, -0.25) is 4.79 Å². The minimum atomic E-state index is -3.85. The Morgan fingerprint density at radius 2 is 1.93 bits per heavy atom. The number of rotatable bonds is 8. The van der Waals surface area contributed by atoms with Crippen LogP contribution in [0.2, 0.25) is 0 Å². The van der Waals surface area contributed by atoms with Gasteiger partial charge in [0, 0.05) is 20.5 Å². The van der Waals surface area contributed by atoms with Gasteiger partial charge in [-0.05, 0) is 49.2 Å². The molecule has 8 heteroatoms. The molecule has 2 aromatic rings. The van der Waals surface area contributed by atoms with Crippen molar-refractivity contribution in [2.24, 2.45) is 5.14 Å². The standard InChI is InChI=1S/C19H25N3O4S/c1-14-6-4-7-15(12-14)26-11-5-8-19(23)21-17-13-16(27(20,24)25)9-10-18(17)22(2)3/h4,6-7,9-10,12-13H,5,8,11H2,1-3H3,(H,21,23)(H2,20,24,25). The van der Waals surface area contributed by atoms with Crippen molar-refractivity contribution in [2.45, 2.75) is 24.7 Å². The lowest BCUT2D eigenvalue weighted by Crippen LogP contribution is -2.19. The van der Waals surface area contributed by atoms with Crippen molar-refractivity contribution in [2.75, 3.05) is 30.9 Å². The monoisotopic (exact) mass is 391 g/mol. The Morgan fingerprint density at radius 1 is 1.19 bits per heavy atom. The summed E-state index contributed by atoms with van der Waals surface area (Å²) >= 11 is 0. The number of amides is 1. The molecule has 0 unspecified atom stereocenters. The van der Waals surface area contributed by atoms with Gasteiger partial charge in [0.05, 0.1) is 22.9 Å². The highest BCUT2D eigenvalue weighted by Gasteiger charge is 2.14. The molecule has 0 saturated heterocycles. The van der Waals surface area contributed by atoms with Crippen LogP contribution in [0.15, 0.2) is 47.4 Å². The number of nitrogens with one attached hydrogen (secondary N) is 1. The van der Waals surface area contributed by atoms with Gasteiger partial charge in [-0.25, -0.2) is 13.6 Å². The van der Waals surface area contributed by atoms with Gasteiger partial charge in [0.2, 0.25) is 15.9 Å². The van der Waals surface area contributed by atoms with Gasteiger partial charge in [-0.2, -0.15) is 0 Å². The molecule has 7 nitrogen and oxygen atoms in total. The molecular weight excluding hydrogens is 366 g/mol. The zero-order valence-electron chi connectivity index (χ0n) is 15.7. The van der Waals surface area contributed by atoms with Crippen molar-refractivity contribution in [1.29, 1.82) is 0 Å². The van der Waals surface area contributed by atoms with Gasteiger partial charge >= 0.3 is 0 Å². The number of primary sulfonamides is 1. The highest BCUT2D eigenvalue weighted by Crippen LogP contribution is 2.27. The first-order valence-electron chi connectivity index (χ1n) is 8.50. The normalized spacial score (nSPS) is 11.1. The van der Waals surface area contributed by atoms with Crippen LogP contribution in [0.3, 0.4) is 0 Å². The first-order valence-corrected chi connectivity index (χ1v) is 10.0. The lowest BCUT2D eigenvalue weighted by atomic mass is 10.2. The summed E-state index contributed by atoms with van der Waals surface area (Å²) < 4.78 is 28.7. The molecule has 2 rings (SSSR count). The van der Waals surface area contributed by atoms with Crippen LogP contribution in [0, 0.1) is 6.92 Å². The van der Waals surface area contributed by atoms with E-state index in [9.17, 15) is 13.2 Å².